The quantitative estimate of drug-likeness (QED) is 0.0363. The van der Waals surface area contributed by atoms with Gasteiger partial charge in [-0.3, -0.25) is 14.4 Å². The lowest BCUT2D eigenvalue weighted by Crippen LogP contribution is -2.28. The van der Waals surface area contributed by atoms with Gasteiger partial charge in [0.2, 0.25) is 5.91 Å². The number of hydrogen-bond acceptors (Lipinski definition) is 4. The maximum Gasteiger partial charge on any atom is 0.322 e. The second-order valence-electron chi connectivity index (χ2n) is 17.4. The van der Waals surface area contributed by atoms with Gasteiger partial charge in [0.15, 0.2) is 0 Å². The number of amides is 1. The van der Waals surface area contributed by atoms with Crippen LogP contribution >= 0.6 is 0 Å². The zero-order chi connectivity index (χ0) is 42.3. The first-order valence-electron chi connectivity index (χ1n) is 25.5. The van der Waals surface area contributed by atoms with Crippen molar-refractivity contribution < 1.29 is 24.2 Å². The highest BCUT2D eigenvalue weighted by atomic mass is 16.5. The Bertz CT molecular complexity index is 946. The van der Waals surface area contributed by atoms with Crippen LogP contribution < -0.4 is 5.32 Å². The molecule has 58 heavy (non-hydrogen) atoms. The summed E-state index contributed by atoms with van der Waals surface area (Å²) in [6.45, 7) is 4.25. The Morgan fingerprint density at radius 2 is 0.793 bits per heavy atom. The van der Waals surface area contributed by atoms with Gasteiger partial charge in [-0.15, -0.1) is 0 Å². The fraction of sp³-hybridized carbons (Fsp3) is 0.865. The molecule has 1 atom stereocenters. The zero-order valence-electron chi connectivity index (χ0n) is 38.7. The van der Waals surface area contributed by atoms with Gasteiger partial charge in [-0.25, -0.2) is 0 Å². The summed E-state index contributed by atoms with van der Waals surface area (Å²) >= 11 is 0. The predicted molar refractivity (Wildman–Crippen MR) is 249 cm³/mol. The number of allylic oxidation sites excluding steroid dienone is 4. The smallest absolute Gasteiger partial charge is 0.322 e. The lowest BCUT2D eigenvalue weighted by atomic mass is 10.0. The van der Waals surface area contributed by atoms with Crippen LogP contribution in [-0.4, -0.2) is 35.6 Å². The Balaban J connectivity index is 4.09. The molecule has 0 aliphatic carbocycles. The van der Waals surface area contributed by atoms with E-state index in [1.807, 2.05) is 0 Å². The molecule has 0 aliphatic rings. The molecule has 0 saturated heterocycles. The molecule has 0 spiro atoms. The third-order valence-corrected chi connectivity index (χ3v) is 11.6. The van der Waals surface area contributed by atoms with E-state index < -0.39 is 5.97 Å². The van der Waals surface area contributed by atoms with Crippen molar-refractivity contribution in [3.8, 4) is 0 Å². The molecule has 1 unspecified atom stereocenters. The number of nitrogens with one attached hydrogen (secondary N) is 1. The molecule has 2 N–H and O–H groups in total. The van der Waals surface area contributed by atoms with E-state index in [2.05, 4.69) is 43.5 Å². The first-order valence-corrected chi connectivity index (χ1v) is 25.5. The van der Waals surface area contributed by atoms with Crippen LogP contribution in [0.5, 0.6) is 0 Å². The van der Waals surface area contributed by atoms with E-state index in [9.17, 15) is 14.4 Å². The molecule has 6 nitrogen and oxygen atoms in total. The van der Waals surface area contributed by atoms with E-state index in [1.165, 1.54) is 180 Å². The maximum absolute atomic E-state index is 12.8. The van der Waals surface area contributed by atoms with Crippen LogP contribution in [0.2, 0.25) is 0 Å². The third-order valence-electron chi connectivity index (χ3n) is 11.6. The number of unbranched alkanes of at least 4 members (excludes halogenated alkanes) is 32. The molecule has 0 radical (unpaired) electrons. The molecule has 0 rings (SSSR count). The van der Waals surface area contributed by atoms with Crippen LogP contribution in [0.3, 0.4) is 0 Å². The SMILES string of the molecule is CCCCCCC/C=C\C/C=C\CCCCCCCCCCCC(=O)OC(CCCCCCCCCCCCCCCCC)CCCCCCCC(=O)NCC(=O)O. The summed E-state index contributed by atoms with van der Waals surface area (Å²) < 4.78 is 6.07. The molecule has 0 aliphatic heterocycles. The minimum absolute atomic E-state index is 0.0128. The molecular formula is C52H97NO5. The van der Waals surface area contributed by atoms with Gasteiger partial charge in [0.05, 0.1) is 0 Å². The topological polar surface area (TPSA) is 92.7 Å². The molecule has 0 heterocycles. The van der Waals surface area contributed by atoms with Gasteiger partial charge in [0, 0.05) is 12.8 Å². The van der Waals surface area contributed by atoms with E-state index in [0.29, 0.717) is 12.8 Å². The van der Waals surface area contributed by atoms with E-state index in [0.717, 1.165) is 70.6 Å². The van der Waals surface area contributed by atoms with Crippen LogP contribution in [0.25, 0.3) is 0 Å². The summed E-state index contributed by atoms with van der Waals surface area (Å²) in [5.41, 5.74) is 0. The number of rotatable bonds is 47. The molecule has 0 fully saturated rings. The van der Waals surface area contributed by atoms with Gasteiger partial charge >= 0.3 is 11.9 Å². The molecule has 1 amide bonds. The number of hydrogen-bond donors (Lipinski definition) is 2. The Morgan fingerprint density at radius 1 is 0.448 bits per heavy atom. The largest absolute Gasteiger partial charge is 0.480 e. The normalized spacial score (nSPS) is 12.2. The molecule has 0 bridgehead atoms. The summed E-state index contributed by atoms with van der Waals surface area (Å²) in [6.07, 6.45) is 58.9. The Hall–Kier alpha value is -2.11. The second kappa shape index (κ2) is 47.6. The molecule has 0 saturated carbocycles. The average molecular weight is 816 g/mol. The van der Waals surface area contributed by atoms with Crippen molar-refractivity contribution in [2.75, 3.05) is 6.54 Å². The minimum atomic E-state index is -1.01. The lowest BCUT2D eigenvalue weighted by molar-refractivity contribution is -0.150. The highest BCUT2D eigenvalue weighted by molar-refractivity contribution is 5.80. The molecule has 0 aromatic rings. The minimum Gasteiger partial charge on any atom is -0.480 e. The first kappa shape index (κ1) is 55.9. The molecular weight excluding hydrogens is 719 g/mol. The number of carbonyl (C=O) groups is 3. The Morgan fingerprint density at radius 3 is 1.19 bits per heavy atom. The number of ether oxygens (including phenoxy) is 1. The van der Waals surface area contributed by atoms with Crippen molar-refractivity contribution in [2.24, 2.45) is 0 Å². The average Bonchev–Trinajstić information content (AvgIpc) is 3.21. The number of carboxylic acids is 1. The Labute approximate surface area is 360 Å². The van der Waals surface area contributed by atoms with Gasteiger partial charge < -0.3 is 15.2 Å². The summed E-state index contributed by atoms with van der Waals surface area (Å²) in [6, 6.07) is 0. The molecule has 6 heteroatoms. The molecule has 340 valence electrons. The van der Waals surface area contributed by atoms with E-state index in [-0.39, 0.29) is 24.5 Å². The van der Waals surface area contributed by atoms with E-state index in [1.54, 1.807) is 0 Å². The number of aliphatic carboxylic acids is 1. The zero-order valence-corrected chi connectivity index (χ0v) is 38.7. The van der Waals surface area contributed by atoms with Crippen molar-refractivity contribution in [1.29, 1.82) is 0 Å². The highest BCUT2D eigenvalue weighted by Crippen LogP contribution is 2.20. The van der Waals surface area contributed by atoms with Gasteiger partial charge in [-0.1, -0.05) is 218 Å². The standard InChI is InChI=1S/C52H97NO5/c1-3-5-7-9-11-13-15-17-19-20-21-22-23-24-26-28-30-32-34-39-43-47-52(57)58-49(45-41-37-35-38-42-46-50(54)53-48-51(55)56)44-40-36-33-31-29-27-25-18-16-14-12-10-8-6-4-2/h15,17,20-21,49H,3-14,16,18-19,22-48H2,1-2H3,(H,53,54)(H,55,56)/b17-15-,21-20-. The lowest BCUT2D eigenvalue weighted by Gasteiger charge is -2.18. The van der Waals surface area contributed by atoms with Crippen LogP contribution in [0.1, 0.15) is 277 Å². The van der Waals surface area contributed by atoms with Crippen molar-refractivity contribution >= 4 is 17.8 Å². The number of esters is 1. The van der Waals surface area contributed by atoms with Gasteiger partial charge in [-0.2, -0.15) is 0 Å². The van der Waals surface area contributed by atoms with Crippen LogP contribution in [0.4, 0.5) is 0 Å². The van der Waals surface area contributed by atoms with E-state index in [4.69, 9.17) is 9.84 Å². The summed E-state index contributed by atoms with van der Waals surface area (Å²) in [5, 5.41) is 11.1. The second-order valence-corrected chi connectivity index (χ2v) is 17.4. The number of carbonyl (C=O) groups excluding carboxylic acids is 2. The van der Waals surface area contributed by atoms with Crippen LogP contribution in [0, 0.1) is 0 Å². The molecule has 0 aromatic carbocycles. The van der Waals surface area contributed by atoms with Crippen LogP contribution in [-0.2, 0) is 19.1 Å². The fourth-order valence-electron chi connectivity index (χ4n) is 7.84. The van der Waals surface area contributed by atoms with Crippen molar-refractivity contribution in [1.82, 2.24) is 5.32 Å². The fourth-order valence-corrected chi connectivity index (χ4v) is 7.84. The van der Waals surface area contributed by atoms with Crippen molar-refractivity contribution in [3.63, 3.8) is 0 Å². The summed E-state index contributed by atoms with van der Waals surface area (Å²) in [5.74, 6) is -1.22. The van der Waals surface area contributed by atoms with Gasteiger partial charge in [0.1, 0.15) is 12.6 Å². The molecule has 0 aromatic heterocycles. The van der Waals surface area contributed by atoms with Crippen molar-refractivity contribution in [3.05, 3.63) is 24.3 Å². The van der Waals surface area contributed by atoms with Crippen molar-refractivity contribution in [2.45, 2.75) is 283 Å². The Kier molecular flexibility index (Phi) is 45.8. The van der Waals surface area contributed by atoms with E-state index >= 15 is 0 Å². The highest BCUT2D eigenvalue weighted by Gasteiger charge is 2.14. The first-order chi connectivity index (χ1) is 28.5. The van der Waals surface area contributed by atoms with Crippen LogP contribution in [0.15, 0.2) is 24.3 Å². The maximum atomic E-state index is 12.8. The summed E-state index contributed by atoms with van der Waals surface area (Å²) in [7, 11) is 0. The third kappa shape index (κ3) is 46.6. The number of carboxylic acid groups (broad SMARTS) is 1. The monoisotopic (exact) mass is 816 g/mol. The summed E-state index contributed by atoms with van der Waals surface area (Å²) in [4.78, 5) is 35.2. The predicted octanol–water partition coefficient (Wildman–Crippen LogP) is 16.2. The van der Waals surface area contributed by atoms with Gasteiger partial charge in [0.25, 0.3) is 0 Å². The van der Waals surface area contributed by atoms with Gasteiger partial charge in [-0.05, 0) is 70.6 Å².